The summed E-state index contributed by atoms with van der Waals surface area (Å²) in [6, 6.07) is 5.50. The number of benzene rings is 2. The van der Waals surface area contributed by atoms with E-state index in [1.807, 2.05) is 34.6 Å². The Morgan fingerprint density at radius 2 is 1.16 bits per heavy atom. The van der Waals surface area contributed by atoms with Crippen molar-refractivity contribution >= 4 is 68.9 Å². The summed E-state index contributed by atoms with van der Waals surface area (Å²) in [6.45, 7) is 12.5. The Balaban J connectivity index is 0.000000343. The highest BCUT2D eigenvalue weighted by atomic mass is 35.5. The molecule has 14 nitrogen and oxygen atoms in total. The third-order valence-corrected chi connectivity index (χ3v) is 12.1. The highest BCUT2D eigenvalue weighted by Gasteiger charge is 2.71. The number of aryl methyl sites for hydroxylation is 2. The van der Waals surface area contributed by atoms with E-state index in [1.54, 1.807) is 18.9 Å². The number of nitrogens with zero attached hydrogens (tertiary/aromatic N) is 4. The molecule has 374 valence electrons. The molecule has 0 aliphatic heterocycles. The van der Waals surface area contributed by atoms with Crippen LogP contribution in [0, 0.1) is 17.3 Å². The number of aliphatic carboxylic acids is 2. The topological polar surface area (TPSA) is 186 Å². The van der Waals surface area contributed by atoms with Crippen molar-refractivity contribution in [3.8, 4) is 11.5 Å². The van der Waals surface area contributed by atoms with Gasteiger partial charge in [-0.25, -0.2) is 0 Å². The maximum atomic E-state index is 13.1. The van der Waals surface area contributed by atoms with E-state index in [0.717, 1.165) is 0 Å². The minimum atomic E-state index is -4.63. The van der Waals surface area contributed by atoms with Crippen molar-refractivity contribution in [1.29, 1.82) is 0 Å². The Kier molecular flexibility index (Phi) is 20.0. The second-order valence-corrected chi connectivity index (χ2v) is 17.7. The summed E-state index contributed by atoms with van der Waals surface area (Å²) in [5.74, 6) is -4.13. The zero-order chi connectivity index (χ0) is 50.7. The van der Waals surface area contributed by atoms with Crippen molar-refractivity contribution in [3.05, 3.63) is 46.8 Å². The van der Waals surface area contributed by atoms with E-state index in [4.69, 9.17) is 51.9 Å². The lowest BCUT2D eigenvalue weighted by Crippen LogP contribution is -2.34. The molecule has 3 atom stereocenters. The number of aromatic nitrogens is 2. The molecular weight excluding hydrogens is 941 g/mol. The number of hydrogen-bond acceptors (Lipinski definition) is 10. The number of fused-ring (bicyclic) bond motifs is 2. The summed E-state index contributed by atoms with van der Waals surface area (Å²) in [6.07, 6.45) is -5.48. The maximum Gasteiger partial charge on any atom is 0.437 e. The first-order chi connectivity index (χ1) is 31.3. The molecule has 2 N–H and O–H groups in total. The summed E-state index contributed by atoms with van der Waals surface area (Å²) >= 11 is 11.8. The number of carbonyl (C=O) groups is 4. The van der Waals surface area contributed by atoms with Crippen LogP contribution in [0.1, 0.15) is 109 Å². The number of alkyl halides is 8. The van der Waals surface area contributed by atoms with Crippen LogP contribution in [0.15, 0.2) is 33.3 Å². The van der Waals surface area contributed by atoms with Crippen molar-refractivity contribution < 1.29 is 74.3 Å². The first-order valence-corrected chi connectivity index (χ1v) is 22.6. The molecule has 67 heavy (non-hydrogen) atoms. The number of halogens is 8. The van der Waals surface area contributed by atoms with Gasteiger partial charge < -0.3 is 38.5 Å². The fourth-order valence-electron chi connectivity index (χ4n) is 7.29. The first-order valence-electron chi connectivity index (χ1n) is 21.9. The number of carboxylic acid groups (broad SMARTS) is 2. The van der Waals surface area contributed by atoms with Crippen molar-refractivity contribution in [2.45, 2.75) is 116 Å². The molecule has 22 heteroatoms. The van der Waals surface area contributed by atoms with E-state index < -0.39 is 63.2 Å². The lowest BCUT2D eigenvalue weighted by Gasteiger charge is -2.28. The third-order valence-electron chi connectivity index (χ3n) is 11.1. The van der Waals surface area contributed by atoms with E-state index in [0.29, 0.717) is 74.1 Å². The van der Waals surface area contributed by atoms with Gasteiger partial charge in [0.25, 0.3) is 0 Å². The lowest BCUT2D eigenvalue weighted by molar-refractivity contribution is -0.142. The van der Waals surface area contributed by atoms with Crippen molar-refractivity contribution in [2.75, 3.05) is 40.4 Å². The van der Waals surface area contributed by atoms with Crippen LogP contribution >= 0.6 is 23.2 Å². The molecule has 1 aliphatic carbocycles. The number of rotatable bonds is 21. The molecule has 1 fully saturated rings. The second kappa shape index (κ2) is 23.8. The average Bonchev–Trinajstić information content (AvgIpc) is 3.56. The monoisotopic (exact) mass is 998 g/mol. The number of carbonyl (C=O) groups excluding carboxylic acids is 2. The van der Waals surface area contributed by atoms with Gasteiger partial charge in [0, 0.05) is 44.7 Å². The Bertz CT molecular complexity index is 2320. The molecule has 3 unspecified atom stereocenters. The van der Waals surface area contributed by atoms with Crippen LogP contribution in [-0.2, 0) is 44.4 Å². The molecule has 2 amide bonds. The molecule has 2 heterocycles. The normalized spacial score (nSPS) is 16.2. The first kappa shape index (κ1) is 56.3. The van der Waals surface area contributed by atoms with Gasteiger partial charge in [0.2, 0.25) is 11.8 Å². The Morgan fingerprint density at radius 3 is 1.52 bits per heavy atom. The van der Waals surface area contributed by atoms with Gasteiger partial charge >= 0.3 is 24.3 Å². The number of amides is 2. The van der Waals surface area contributed by atoms with Gasteiger partial charge in [-0.3, -0.25) is 19.2 Å². The minimum Gasteiger partial charge on any atom is -0.493 e. The zero-order valence-electron chi connectivity index (χ0n) is 38.6. The van der Waals surface area contributed by atoms with Gasteiger partial charge in [-0.1, -0.05) is 87.9 Å². The third kappa shape index (κ3) is 14.3. The highest BCUT2D eigenvalue weighted by molar-refractivity contribution is 6.54. The van der Waals surface area contributed by atoms with E-state index in [9.17, 15) is 45.5 Å². The van der Waals surface area contributed by atoms with Gasteiger partial charge in [-0.2, -0.15) is 26.3 Å². The molecular formula is C45H58Cl2F6N4O10. The number of ether oxygens (including phenoxy) is 2. The Morgan fingerprint density at radius 1 is 0.731 bits per heavy atom. The molecule has 4 aromatic rings. The van der Waals surface area contributed by atoms with E-state index in [-0.39, 0.29) is 60.4 Å². The van der Waals surface area contributed by atoms with Gasteiger partial charge in [-0.05, 0) is 61.8 Å². The predicted molar refractivity (Wildman–Crippen MR) is 237 cm³/mol. The number of hydrogen-bond donors (Lipinski definition) is 2. The van der Waals surface area contributed by atoms with Crippen LogP contribution in [0.5, 0.6) is 11.5 Å². The van der Waals surface area contributed by atoms with Crippen LogP contribution in [0.4, 0.5) is 26.3 Å². The van der Waals surface area contributed by atoms with Gasteiger partial charge in [0.05, 0.1) is 36.3 Å². The SMILES string of the molecule is CC.CCCc1c(OCCCN(C)C(=O)C2C(C(=O)O)C2(Cl)Cl)ccc2c(C(F)(F)F)noc12.CCCc1c(OCCCN(C)C(=O)CC(C)(CC)CC(=O)O)ccc2c(C(F)(F)F)noc12. The molecule has 1 aliphatic rings. The van der Waals surface area contributed by atoms with Gasteiger partial charge in [0.15, 0.2) is 22.6 Å². The molecule has 0 saturated heterocycles. The summed E-state index contributed by atoms with van der Waals surface area (Å²) in [4.78, 5) is 50.0. The molecule has 1 saturated carbocycles. The standard InChI is InChI=1S/C23H31F3N2O5.C20H21Cl2F3N2O5.C2H6/c1-5-8-15-17(10-9-16-20(15)33-27-21(16)23(24,25)26)32-12-7-11-28(4)18(29)13-22(3,6-2)14-19(30)31;1-3-5-10-12(7-6-11-15(10)32-26-16(11)20(23,24)25)31-9-4-8-27(2)17(28)13-14(18(29)30)19(13,21)22;1-2/h9-10H,5-8,11-14H2,1-4H3,(H,30,31);6-7,13-14H,3-5,8-9H2,1-2H3,(H,29,30);1-2H3. The van der Waals surface area contributed by atoms with E-state index >= 15 is 0 Å². The van der Waals surface area contributed by atoms with Crippen molar-refractivity contribution in [2.24, 2.45) is 17.3 Å². The van der Waals surface area contributed by atoms with Crippen LogP contribution in [0.2, 0.25) is 0 Å². The summed E-state index contributed by atoms with van der Waals surface area (Å²) in [5, 5.41) is 24.3. The summed E-state index contributed by atoms with van der Waals surface area (Å²) in [5.41, 5.74) is -1.59. The lowest BCUT2D eigenvalue weighted by atomic mass is 9.80. The fourth-order valence-corrected chi connectivity index (χ4v) is 8.05. The molecule has 5 rings (SSSR count). The predicted octanol–water partition coefficient (Wildman–Crippen LogP) is 10.9. The quantitative estimate of drug-likeness (QED) is 0.0458. The zero-order valence-corrected chi connectivity index (χ0v) is 40.1. The minimum absolute atomic E-state index is 0.0398. The molecule has 0 radical (unpaired) electrons. The van der Waals surface area contributed by atoms with Crippen LogP contribution < -0.4 is 9.47 Å². The molecule has 0 spiro atoms. The highest BCUT2D eigenvalue weighted by Crippen LogP contribution is 2.60. The summed E-state index contributed by atoms with van der Waals surface area (Å²) < 4.78 is 98.6. The molecule has 2 aromatic carbocycles. The molecule has 0 bridgehead atoms. The van der Waals surface area contributed by atoms with Crippen molar-refractivity contribution in [1.82, 2.24) is 20.1 Å². The maximum absolute atomic E-state index is 13.1. The van der Waals surface area contributed by atoms with Crippen LogP contribution in [0.3, 0.4) is 0 Å². The van der Waals surface area contributed by atoms with Crippen LogP contribution in [-0.4, -0.2) is 98.8 Å². The average molecular weight is 1000 g/mol. The van der Waals surface area contributed by atoms with E-state index in [1.165, 1.54) is 36.2 Å². The Labute approximate surface area is 394 Å². The molecule has 2 aromatic heterocycles. The number of carboxylic acids is 2. The van der Waals surface area contributed by atoms with Crippen molar-refractivity contribution in [3.63, 3.8) is 0 Å². The van der Waals surface area contributed by atoms with Gasteiger partial charge in [-0.15, -0.1) is 0 Å². The fraction of sp³-hybridized carbons (Fsp3) is 0.600. The largest absolute Gasteiger partial charge is 0.493 e. The van der Waals surface area contributed by atoms with Gasteiger partial charge in [0.1, 0.15) is 21.8 Å². The smallest absolute Gasteiger partial charge is 0.437 e. The van der Waals surface area contributed by atoms with Crippen LogP contribution in [0.25, 0.3) is 21.9 Å². The Hall–Kier alpha value is -4.98. The second-order valence-electron chi connectivity index (χ2n) is 16.3. The van der Waals surface area contributed by atoms with E-state index in [2.05, 4.69) is 10.3 Å². The summed E-state index contributed by atoms with van der Waals surface area (Å²) in [7, 11) is 3.16.